The number of anilines is 1. The van der Waals surface area contributed by atoms with E-state index in [1.54, 1.807) is 16.3 Å². The molecule has 0 unspecified atom stereocenters. The van der Waals surface area contributed by atoms with Crippen molar-refractivity contribution in [2.75, 3.05) is 32.6 Å². The van der Waals surface area contributed by atoms with E-state index in [4.69, 9.17) is 10.5 Å². The highest BCUT2D eigenvalue weighted by Gasteiger charge is 2.05. The molecule has 3 aromatic rings. The third-order valence-corrected chi connectivity index (χ3v) is 4.31. The number of pyridine rings is 1. The van der Waals surface area contributed by atoms with Crippen LogP contribution in [0, 0.1) is 6.92 Å². The lowest BCUT2D eigenvalue weighted by Gasteiger charge is -2.12. The third-order valence-electron chi connectivity index (χ3n) is 3.76. The maximum Gasteiger partial charge on any atom is 0.161 e. The van der Waals surface area contributed by atoms with Crippen molar-refractivity contribution >= 4 is 30.0 Å². The van der Waals surface area contributed by atoms with Gasteiger partial charge in [-0.15, -0.1) is 5.10 Å². The molecule has 0 atom stereocenters. The van der Waals surface area contributed by atoms with E-state index in [0.29, 0.717) is 5.82 Å². The van der Waals surface area contributed by atoms with Gasteiger partial charge in [0.25, 0.3) is 0 Å². The summed E-state index contributed by atoms with van der Waals surface area (Å²) in [6.07, 6.45) is 2.03. The van der Waals surface area contributed by atoms with Gasteiger partial charge >= 0.3 is 0 Å². The molecule has 0 aliphatic heterocycles. The Balaban J connectivity index is 0. The fourth-order valence-corrected chi connectivity index (χ4v) is 2.77. The number of rotatable bonds is 5. The fourth-order valence-electron chi connectivity index (χ4n) is 2.39. The first-order chi connectivity index (χ1) is 15.0. The van der Waals surface area contributed by atoms with E-state index >= 15 is 0 Å². The number of nitrogen functional groups attached to an aromatic ring is 1. The van der Waals surface area contributed by atoms with Crippen molar-refractivity contribution < 1.29 is 4.79 Å². The van der Waals surface area contributed by atoms with Gasteiger partial charge in [-0.1, -0.05) is 51.1 Å². The fraction of sp³-hybridized carbons (Fsp3) is 0.435. The second-order valence-electron chi connectivity index (χ2n) is 6.00. The third kappa shape index (κ3) is 12.1. The summed E-state index contributed by atoms with van der Waals surface area (Å²) in [5.74, 6) is 2.29. The average Bonchev–Trinajstić information content (AvgIpc) is 3.22. The van der Waals surface area contributed by atoms with Crippen LogP contribution in [0.3, 0.4) is 0 Å². The van der Waals surface area contributed by atoms with Crippen LogP contribution in [-0.4, -0.2) is 53.2 Å². The van der Waals surface area contributed by atoms with E-state index in [2.05, 4.69) is 65.0 Å². The molecule has 31 heavy (non-hydrogen) atoms. The molecule has 2 heterocycles. The molecule has 4 N–H and O–H groups in total. The first kappa shape index (κ1) is 30.8. The monoisotopic (exact) mass is 448 g/mol. The first-order valence-corrected chi connectivity index (χ1v) is 11.6. The Hall–Kier alpha value is -2.42. The number of hydrogen-bond donors (Lipinski definition) is 2. The van der Waals surface area contributed by atoms with Gasteiger partial charge < -0.3 is 21.2 Å². The molecular formula is C23H40N6OS. The molecule has 0 amide bonds. The maximum absolute atomic E-state index is 8.00. The summed E-state index contributed by atoms with van der Waals surface area (Å²) >= 11 is 1.70. The van der Waals surface area contributed by atoms with Crippen molar-refractivity contribution in [2.45, 2.75) is 40.0 Å². The molecule has 0 spiro atoms. The normalized spacial score (nSPS) is 9.19. The van der Waals surface area contributed by atoms with E-state index in [0.717, 1.165) is 35.9 Å². The SMILES string of the molecule is C=O.CC.CCN(C)Cc1ccccc1.CN.CSCc1nc2cc(C)cc(N)n2n1. The lowest BCUT2D eigenvalue weighted by atomic mass is 10.2. The Bertz CT molecular complexity index is 810. The predicted molar refractivity (Wildman–Crippen MR) is 136 cm³/mol. The van der Waals surface area contributed by atoms with Gasteiger partial charge in [0.05, 0.1) is 5.75 Å². The quantitative estimate of drug-likeness (QED) is 0.607. The van der Waals surface area contributed by atoms with Gasteiger partial charge in [0.1, 0.15) is 12.6 Å². The number of carbonyl (C=O) groups excluding carboxylic acids is 1. The molecule has 0 saturated heterocycles. The Morgan fingerprint density at radius 2 is 1.71 bits per heavy atom. The van der Waals surface area contributed by atoms with Crippen molar-refractivity contribution in [3.8, 4) is 0 Å². The lowest BCUT2D eigenvalue weighted by molar-refractivity contribution is -0.0979. The van der Waals surface area contributed by atoms with Crippen LogP contribution in [0.25, 0.3) is 5.65 Å². The van der Waals surface area contributed by atoms with E-state index in [1.807, 2.05) is 45.9 Å². The van der Waals surface area contributed by atoms with Crippen molar-refractivity contribution in [1.82, 2.24) is 19.5 Å². The van der Waals surface area contributed by atoms with Crippen LogP contribution >= 0.6 is 11.8 Å². The van der Waals surface area contributed by atoms with Crippen LogP contribution in [0.2, 0.25) is 0 Å². The molecule has 0 aliphatic rings. The number of aromatic nitrogens is 3. The van der Waals surface area contributed by atoms with Gasteiger partial charge in [0.2, 0.25) is 0 Å². The Morgan fingerprint density at radius 3 is 2.23 bits per heavy atom. The van der Waals surface area contributed by atoms with Crippen LogP contribution < -0.4 is 11.5 Å². The number of nitrogens with two attached hydrogens (primary N) is 2. The summed E-state index contributed by atoms with van der Waals surface area (Å²) < 4.78 is 1.68. The van der Waals surface area contributed by atoms with E-state index in [1.165, 1.54) is 12.6 Å². The number of nitrogens with zero attached hydrogens (tertiary/aromatic N) is 4. The summed E-state index contributed by atoms with van der Waals surface area (Å²) in [6, 6.07) is 14.4. The Morgan fingerprint density at radius 1 is 1.13 bits per heavy atom. The minimum absolute atomic E-state index is 0.639. The standard InChI is InChI=1S/C10H15N.C9H12N4S.C2H6.CH5N.CH2O/c1-3-11(2)9-10-7-5-4-6-8-10;1-6-3-7(10)13-9(4-6)11-8(12-13)5-14-2;3*1-2/h4-8H,3,9H2,1-2H3;3-4H,5,10H2,1-2H3;1-2H3;2H2,1H3;1H2. The zero-order valence-corrected chi connectivity index (χ0v) is 20.9. The number of hydrogen-bond acceptors (Lipinski definition) is 7. The van der Waals surface area contributed by atoms with Crippen molar-refractivity contribution in [3.05, 3.63) is 59.4 Å². The van der Waals surface area contributed by atoms with Crippen LogP contribution in [0.5, 0.6) is 0 Å². The lowest BCUT2D eigenvalue weighted by Crippen LogP contribution is -2.16. The number of aryl methyl sites for hydroxylation is 1. The molecule has 0 bridgehead atoms. The van der Waals surface area contributed by atoms with Crippen molar-refractivity contribution in [1.29, 1.82) is 0 Å². The molecule has 3 rings (SSSR count). The minimum Gasteiger partial charge on any atom is -0.384 e. The Labute approximate surface area is 192 Å². The topological polar surface area (TPSA) is 103 Å². The van der Waals surface area contributed by atoms with E-state index in [-0.39, 0.29) is 0 Å². The summed E-state index contributed by atoms with van der Waals surface area (Å²) in [7, 11) is 3.63. The highest BCUT2D eigenvalue weighted by atomic mass is 32.2. The van der Waals surface area contributed by atoms with Gasteiger partial charge in [0.15, 0.2) is 11.5 Å². The molecule has 0 saturated carbocycles. The molecule has 2 aromatic heterocycles. The summed E-state index contributed by atoms with van der Waals surface area (Å²) in [5, 5.41) is 4.30. The van der Waals surface area contributed by atoms with Gasteiger partial charge in [-0.05, 0) is 57.1 Å². The molecule has 7 nitrogen and oxygen atoms in total. The number of fused-ring (bicyclic) bond motifs is 1. The van der Waals surface area contributed by atoms with Crippen LogP contribution in [0.15, 0.2) is 42.5 Å². The predicted octanol–water partition coefficient (Wildman–Crippen LogP) is 4.04. The number of carbonyl (C=O) groups is 1. The van der Waals surface area contributed by atoms with Crippen molar-refractivity contribution in [3.63, 3.8) is 0 Å². The van der Waals surface area contributed by atoms with Crippen LogP contribution in [-0.2, 0) is 17.1 Å². The van der Waals surface area contributed by atoms with Crippen LogP contribution in [0.1, 0.15) is 37.7 Å². The second-order valence-corrected chi connectivity index (χ2v) is 6.87. The van der Waals surface area contributed by atoms with Gasteiger partial charge in [-0.2, -0.15) is 16.3 Å². The highest BCUT2D eigenvalue weighted by Crippen LogP contribution is 2.13. The van der Waals surface area contributed by atoms with E-state index < -0.39 is 0 Å². The highest BCUT2D eigenvalue weighted by molar-refractivity contribution is 7.97. The molecule has 174 valence electrons. The largest absolute Gasteiger partial charge is 0.384 e. The molecule has 0 fully saturated rings. The van der Waals surface area contributed by atoms with Gasteiger partial charge in [-0.3, -0.25) is 0 Å². The molecule has 0 aliphatic carbocycles. The van der Waals surface area contributed by atoms with Crippen molar-refractivity contribution in [2.24, 2.45) is 5.73 Å². The van der Waals surface area contributed by atoms with Gasteiger partial charge in [0, 0.05) is 6.54 Å². The first-order valence-electron chi connectivity index (χ1n) is 10.2. The molecule has 0 radical (unpaired) electrons. The number of benzene rings is 1. The summed E-state index contributed by atoms with van der Waals surface area (Å²) in [5.41, 5.74) is 13.6. The van der Waals surface area contributed by atoms with Gasteiger partial charge in [-0.25, -0.2) is 4.98 Å². The maximum atomic E-state index is 8.00. The smallest absolute Gasteiger partial charge is 0.161 e. The molecule has 1 aromatic carbocycles. The Kier molecular flexibility index (Phi) is 19.4. The molecular weight excluding hydrogens is 408 g/mol. The number of thioether (sulfide) groups is 1. The zero-order chi connectivity index (χ0) is 24.2. The zero-order valence-electron chi connectivity index (χ0n) is 20.1. The summed E-state index contributed by atoms with van der Waals surface area (Å²) in [6.45, 7) is 12.3. The summed E-state index contributed by atoms with van der Waals surface area (Å²) in [4.78, 5) is 14.7. The van der Waals surface area contributed by atoms with Crippen LogP contribution in [0.4, 0.5) is 5.82 Å². The average molecular weight is 449 g/mol. The van der Waals surface area contributed by atoms with E-state index in [9.17, 15) is 0 Å². The minimum atomic E-state index is 0.639. The second kappa shape index (κ2) is 19.5. The molecule has 8 heteroatoms.